The second-order valence-corrected chi connectivity index (χ2v) is 7.94. The highest BCUT2D eigenvalue weighted by molar-refractivity contribution is 6.27. The van der Waals surface area contributed by atoms with Crippen molar-refractivity contribution in [2.75, 3.05) is 5.73 Å². The van der Waals surface area contributed by atoms with E-state index in [2.05, 4.69) is 23.8 Å². The number of carbonyl (C=O) groups excluding carboxylic acids is 1. The Kier molecular flexibility index (Phi) is 12.9. The van der Waals surface area contributed by atoms with Crippen LogP contribution in [-0.2, 0) is 11.2 Å². The number of aromatic nitrogens is 3. The lowest BCUT2D eigenvalue weighted by Crippen LogP contribution is -2.00. The van der Waals surface area contributed by atoms with Gasteiger partial charge < -0.3 is 25.1 Å². The van der Waals surface area contributed by atoms with Crippen LogP contribution >= 0.6 is 11.6 Å². The number of halogens is 1. The Labute approximate surface area is 203 Å². The molecule has 0 aromatic carbocycles. The molecule has 3 aromatic rings. The first-order valence-corrected chi connectivity index (χ1v) is 11.4. The smallest absolute Gasteiger partial charge is 0.337 e. The largest absolute Gasteiger partial charge is 0.478 e. The number of carboxylic acid groups (broad SMARTS) is 2. The summed E-state index contributed by atoms with van der Waals surface area (Å²) in [5.74, 6) is -1.57. The molecule has 4 N–H and O–H groups in total. The van der Waals surface area contributed by atoms with Crippen molar-refractivity contribution in [1.82, 2.24) is 14.4 Å². The second-order valence-electron chi connectivity index (χ2n) is 7.38. The van der Waals surface area contributed by atoms with Gasteiger partial charge in [0, 0.05) is 24.3 Å². The highest BCUT2D eigenvalue weighted by atomic mass is 35.5. The predicted octanol–water partition coefficient (Wildman–Crippen LogP) is 4.72. The van der Waals surface area contributed by atoms with Crippen molar-refractivity contribution < 1.29 is 24.6 Å². The molecule has 0 saturated heterocycles. The Bertz CT molecular complexity index is 1050. The Hall–Kier alpha value is -3.46. The fraction of sp³-hybridized carbons (Fsp3) is 0.375. The number of imidazole rings is 1. The van der Waals surface area contributed by atoms with E-state index < -0.39 is 11.9 Å². The van der Waals surface area contributed by atoms with Gasteiger partial charge in [-0.05, 0) is 43.5 Å². The van der Waals surface area contributed by atoms with E-state index in [9.17, 15) is 14.4 Å². The number of nitrogens with zero attached hydrogens (tertiary/aromatic N) is 3. The number of nitrogens with two attached hydrogens (primary N) is 1. The average Bonchev–Trinajstić information content (AvgIpc) is 3.24. The lowest BCUT2D eigenvalue weighted by atomic mass is 10.2. The zero-order valence-electron chi connectivity index (χ0n) is 19.4. The molecule has 1 unspecified atom stereocenters. The number of carbonyl (C=O) groups is 3. The Morgan fingerprint density at radius 1 is 1.03 bits per heavy atom. The van der Waals surface area contributed by atoms with Gasteiger partial charge in [-0.2, -0.15) is 0 Å². The number of aldehydes is 1. The van der Waals surface area contributed by atoms with E-state index in [0.29, 0.717) is 11.4 Å². The van der Waals surface area contributed by atoms with Gasteiger partial charge in [-0.15, -0.1) is 11.6 Å². The third-order valence-electron chi connectivity index (χ3n) is 4.63. The van der Waals surface area contributed by atoms with Crippen molar-refractivity contribution in [3.8, 4) is 0 Å². The first-order chi connectivity index (χ1) is 16.2. The first-order valence-electron chi connectivity index (χ1n) is 11.0. The zero-order valence-corrected chi connectivity index (χ0v) is 20.1. The average molecular weight is 491 g/mol. The Balaban J connectivity index is 0.000000277. The van der Waals surface area contributed by atoms with Crippen LogP contribution in [0.5, 0.6) is 0 Å². The van der Waals surface area contributed by atoms with E-state index in [1.807, 2.05) is 10.6 Å². The molecule has 34 heavy (non-hydrogen) atoms. The quantitative estimate of drug-likeness (QED) is 0.288. The number of aryl methyl sites for hydroxylation is 1. The van der Waals surface area contributed by atoms with E-state index in [-0.39, 0.29) is 10.9 Å². The maximum atomic E-state index is 10.9. The van der Waals surface area contributed by atoms with Crippen LogP contribution in [0.15, 0.2) is 42.9 Å². The molecular weight excluding hydrogens is 460 g/mol. The van der Waals surface area contributed by atoms with Gasteiger partial charge in [0.25, 0.3) is 0 Å². The maximum absolute atomic E-state index is 10.9. The molecule has 3 rings (SSSR count). The minimum Gasteiger partial charge on any atom is -0.478 e. The van der Waals surface area contributed by atoms with Crippen molar-refractivity contribution in [2.24, 2.45) is 0 Å². The number of aromatic carboxylic acids is 2. The fourth-order valence-electron chi connectivity index (χ4n) is 2.70. The maximum Gasteiger partial charge on any atom is 0.337 e. The van der Waals surface area contributed by atoms with E-state index in [1.54, 1.807) is 18.3 Å². The van der Waals surface area contributed by atoms with Crippen LogP contribution < -0.4 is 5.73 Å². The number of hydrogen-bond acceptors (Lipinski definition) is 6. The van der Waals surface area contributed by atoms with E-state index >= 15 is 0 Å². The van der Waals surface area contributed by atoms with Gasteiger partial charge in [0.1, 0.15) is 17.8 Å². The fourth-order valence-corrected chi connectivity index (χ4v) is 2.85. The number of unbranched alkanes of at least 4 members (excludes halogenated alkanes) is 2. The molecule has 10 heteroatoms. The van der Waals surface area contributed by atoms with Crippen LogP contribution in [0, 0.1) is 0 Å². The molecule has 0 bridgehead atoms. The van der Waals surface area contributed by atoms with Crippen molar-refractivity contribution in [2.45, 2.75) is 57.7 Å². The molecule has 0 saturated carbocycles. The van der Waals surface area contributed by atoms with E-state index in [4.69, 9.17) is 27.5 Å². The number of fused-ring (bicyclic) bond motifs is 1. The van der Waals surface area contributed by atoms with Crippen LogP contribution in [0.3, 0.4) is 0 Å². The number of rotatable bonds is 9. The summed E-state index contributed by atoms with van der Waals surface area (Å²) in [6, 6.07) is 6.17. The molecule has 0 spiro atoms. The number of nitrogen functional groups attached to an aromatic ring is 1. The summed E-state index contributed by atoms with van der Waals surface area (Å²) in [5.41, 5.74) is 7.54. The molecule has 0 amide bonds. The first kappa shape index (κ1) is 28.6. The number of pyridine rings is 2. The highest BCUT2D eigenvalue weighted by Crippen LogP contribution is 2.11. The second kappa shape index (κ2) is 15.4. The molecule has 0 radical (unpaired) electrons. The van der Waals surface area contributed by atoms with Crippen molar-refractivity contribution in [3.63, 3.8) is 0 Å². The lowest BCUT2D eigenvalue weighted by molar-refractivity contribution is -0.107. The third-order valence-corrected chi connectivity index (χ3v) is 4.95. The topological polar surface area (TPSA) is 148 Å². The number of anilines is 1. The summed E-state index contributed by atoms with van der Waals surface area (Å²) in [7, 11) is 0. The summed E-state index contributed by atoms with van der Waals surface area (Å²) in [6.07, 6.45) is 11.6. The normalized spacial score (nSPS) is 10.9. The van der Waals surface area contributed by atoms with Crippen LogP contribution in [0.1, 0.15) is 72.4 Å². The summed E-state index contributed by atoms with van der Waals surface area (Å²) >= 11 is 5.48. The molecule has 0 aliphatic heterocycles. The predicted molar refractivity (Wildman–Crippen MR) is 132 cm³/mol. The van der Waals surface area contributed by atoms with Crippen LogP contribution in [-0.4, -0.2) is 48.2 Å². The molecule has 3 heterocycles. The molecule has 0 aliphatic carbocycles. The number of carboxylic acids is 2. The highest BCUT2D eigenvalue weighted by Gasteiger charge is 2.07. The standard InChI is InChI=1S/C12H14N2O2.C6H11ClO.C6H6N2O2/c1-2-3-4-10-7-13-11-6-5-9(12(15)16)8-14(10)11;1-2-3-4-6(7)5-8;7-5-2-1-4(3-8-5)6(9)10/h5-8H,2-4H2,1H3,(H,15,16);5-6H,2-4H2,1H3;1-3H,(H2,7,8)(H,9,10). The minimum atomic E-state index is -0.993. The van der Waals surface area contributed by atoms with Gasteiger partial charge in [-0.25, -0.2) is 19.6 Å². The summed E-state index contributed by atoms with van der Waals surface area (Å²) in [6.45, 7) is 4.21. The molecule has 184 valence electrons. The third kappa shape index (κ3) is 9.99. The Morgan fingerprint density at radius 3 is 2.21 bits per heavy atom. The molecule has 0 fully saturated rings. The van der Waals surface area contributed by atoms with Crippen molar-refractivity contribution in [1.29, 1.82) is 0 Å². The van der Waals surface area contributed by atoms with Gasteiger partial charge in [0.2, 0.25) is 0 Å². The number of alkyl halides is 1. The minimum absolute atomic E-state index is 0.147. The van der Waals surface area contributed by atoms with Crippen molar-refractivity contribution in [3.05, 3.63) is 59.7 Å². The molecule has 0 aliphatic rings. The van der Waals surface area contributed by atoms with Gasteiger partial charge in [-0.3, -0.25) is 0 Å². The van der Waals surface area contributed by atoms with Crippen LogP contribution in [0.25, 0.3) is 5.65 Å². The molecule has 1 atom stereocenters. The van der Waals surface area contributed by atoms with Crippen LogP contribution in [0.2, 0.25) is 0 Å². The summed E-state index contributed by atoms with van der Waals surface area (Å²) < 4.78 is 1.86. The van der Waals surface area contributed by atoms with Crippen LogP contribution in [0.4, 0.5) is 5.82 Å². The van der Waals surface area contributed by atoms with Crippen molar-refractivity contribution >= 4 is 41.3 Å². The number of hydrogen-bond donors (Lipinski definition) is 3. The molecule has 3 aromatic heterocycles. The van der Waals surface area contributed by atoms with Gasteiger partial charge >= 0.3 is 11.9 Å². The Morgan fingerprint density at radius 2 is 1.68 bits per heavy atom. The molecular formula is C24H31ClN4O5. The van der Waals surface area contributed by atoms with Gasteiger partial charge in [-0.1, -0.05) is 33.1 Å². The zero-order chi connectivity index (χ0) is 25.5. The van der Waals surface area contributed by atoms with E-state index in [0.717, 1.165) is 56.2 Å². The van der Waals surface area contributed by atoms with Gasteiger partial charge in [0.15, 0.2) is 0 Å². The monoisotopic (exact) mass is 490 g/mol. The summed E-state index contributed by atoms with van der Waals surface area (Å²) in [4.78, 5) is 38.8. The lowest BCUT2D eigenvalue weighted by Gasteiger charge is -2.01. The summed E-state index contributed by atoms with van der Waals surface area (Å²) in [5, 5.41) is 17.1. The van der Waals surface area contributed by atoms with Gasteiger partial charge in [0.05, 0.1) is 16.5 Å². The SMILES string of the molecule is CCCCC(Cl)C=O.CCCCc1cnc2ccc(C(=O)O)cn12.Nc1ccc(C(=O)O)cn1. The molecule has 9 nitrogen and oxygen atoms in total. The van der Waals surface area contributed by atoms with E-state index in [1.165, 1.54) is 18.3 Å².